The van der Waals surface area contributed by atoms with Crippen molar-refractivity contribution in [2.24, 2.45) is 0 Å². The third-order valence-corrected chi connectivity index (χ3v) is 3.96. The maximum atomic E-state index is 6.17. The highest BCUT2D eigenvalue weighted by molar-refractivity contribution is 6.36. The van der Waals surface area contributed by atoms with Gasteiger partial charge in [0.15, 0.2) is 0 Å². The number of rotatable bonds is 2. The third kappa shape index (κ3) is 2.73. The molecule has 1 aliphatic rings. The van der Waals surface area contributed by atoms with E-state index in [2.05, 4.69) is 15.3 Å². The second-order valence-electron chi connectivity index (χ2n) is 4.56. The van der Waals surface area contributed by atoms with E-state index in [9.17, 15) is 0 Å². The molecular formula is C14H13Cl2N3. The van der Waals surface area contributed by atoms with Crippen LogP contribution in [0.15, 0.2) is 24.4 Å². The molecular weight excluding hydrogens is 281 g/mol. The SMILES string of the molecule is Clc1cccc(Cl)c1Cc1ncc2c(n1)CCNC2. The fourth-order valence-electron chi connectivity index (χ4n) is 2.22. The van der Waals surface area contributed by atoms with Gasteiger partial charge >= 0.3 is 0 Å². The van der Waals surface area contributed by atoms with Crippen molar-refractivity contribution in [2.45, 2.75) is 19.4 Å². The van der Waals surface area contributed by atoms with Gasteiger partial charge in [0.05, 0.1) is 0 Å². The van der Waals surface area contributed by atoms with Gasteiger partial charge in [-0.15, -0.1) is 0 Å². The van der Waals surface area contributed by atoms with Crippen LogP contribution in [-0.2, 0) is 19.4 Å². The summed E-state index contributed by atoms with van der Waals surface area (Å²) in [6.45, 7) is 1.82. The lowest BCUT2D eigenvalue weighted by Gasteiger charge is -2.16. The minimum atomic E-state index is 0.569. The van der Waals surface area contributed by atoms with E-state index in [0.29, 0.717) is 16.5 Å². The Bertz CT molecular complexity index is 593. The average Bonchev–Trinajstić information content (AvgIpc) is 2.43. The Kier molecular flexibility index (Phi) is 3.69. The van der Waals surface area contributed by atoms with Crippen LogP contribution in [0.1, 0.15) is 22.6 Å². The first-order chi connectivity index (χ1) is 9.24. The van der Waals surface area contributed by atoms with Gasteiger partial charge < -0.3 is 5.32 Å². The lowest BCUT2D eigenvalue weighted by molar-refractivity contribution is 0.621. The molecule has 98 valence electrons. The highest BCUT2D eigenvalue weighted by atomic mass is 35.5. The topological polar surface area (TPSA) is 37.8 Å². The number of halogens is 2. The fraction of sp³-hybridized carbons (Fsp3) is 0.286. The monoisotopic (exact) mass is 293 g/mol. The standard InChI is InChI=1S/C14H13Cl2N3/c15-11-2-1-3-12(16)10(11)6-14-18-8-9-7-17-5-4-13(9)19-14/h1-3,8,17H,4-7H2. The van der Waals surface area contributed by atoms with Crippen LogP contribution >= 0.6 is 23.2 Å². The molecule has 0 saturated carbocycles. The lowest BCUT2D eigenvalue weighted by Crippen LogP contribution is -2.25. The van der Waals surface area contributed by atoms with Crippen molar-refractivity contribution in [3.63, 3.8) is 0 Å². The molecule has 0 saturated heterocycles. The molecule has 0 spiro atoms. The summed E-state index contributed by atoms with van der Waals surface area (Å²) in [5.74, 6) is 0.774. The van der Waals surface area contributed by atoms with Gasteiger partial charge in [-0.25, -0.2) is 9.97 Å². The second kappa shape index (κ2) is 5.45. The molecule has 5 heteroatoms. The Hall–Kier alpha value is -1.16. The molecule has 1 aromatic heterocycles. The number of nitrogens with one attached hydrogen (secondary N) is 1. The molecule has 0 aliphatic carbocycles. The van der Waals surface area contributed by atoms with Crippen molar-refractivity contribution in [1.29, 1.82) is 0 Å². The van der Waals surface area contributed by atoms with E-state index in [1.165, 1.54) is 5.56 Å². The van der Waals surface area contributed by atoms with Crippen molar-refractivity contribution in [3.05, 3.63) is 57.1 Å². The normalized spacial score (nSPS) is 14.2. The third-order valence-electron chi connectivity index (χ3n) is 3.25. The smallest absolute Gasteiger partial charge is 0.133 e. The average molecular weight is 294 g/mol. The van der Waals surface area contributed by atoms with E-state index < -0.39 is 0 Å². The van der Waals surface area contributed by atoms with Crippen LogP contribution in [0.4, 0.5) is 0 Å². The molecule has 0 amide bonds. The summed E-state index contributed by atoms with van der Waals surface area (Å²) < 4.78 is 0. The van der Waals surface area contributed by atoms with E-state index in [1.807, 2.05) is 24.4 Å². The van der Waals surface area contributed by atoms with E-state index in [-0.39, 0.29) is 0 Å². The van der Waals surface area contributed by atoms with Crippen LogP contribution in [0.5, 0.6) is 0 Å². The summed E-state index contributed by atoms with van der Waals surface area (Å²) in [5.41, 5.74) is 3.20. The van der Waals surface area contributed by atoms with Crippen molar-refractivity contribution in [3.8, 4) is 0 Å². The Morgan fingerprint density at radius 3 is 2.79 bits per heavy atom. The van der Waals surface area contributed by atoms with Gasteiger partial charge in [0.1, 0.15) is 5.82 Å². The number of nitrogens with zero attached hydrogens (tertiary/aromatic N) is 2. The molecule has 19 heavy (non-hydrogen) atoms. The van der Waals surface area contributed by atoms with Gasteiger partial charge in [-0.05, 0) is 17.7 Å². The number of fused-ring (bicyclic) bond motifs is 1. The van der Waals surface area contributed by atoms with Crippen LogP contribution in [-0.4, -0.2) is 16.5 Å². The number of benzene rings is 1. The lowest BCUT2D eigenvalue weighted by atomic mass is 10.1. The number of aromatic nitrogens is 2. The Morgan fingerprint density at radius 1 is 1.21 bits per heavy atom. The molecule has 0 bridgehead atoms. The van der Waals surface area contributed by atoms with Gasteiger partial charge in [-0.2, -0.15) is 0 Å². The maximum Gasteiger partial charge on any atom is 0.133 e. The van der Waals surface area contributed by atoms with Crippen LogP contribution in [0.2, 0.25) is 10.0 Å². The summed E-state index contributed by atoms with van der Waals surface area (Å²) in [4.78, 5) is 9.02. The van der Waals surface area contributed by atoms with E-state index in [0.717, 1.165) is 36.6 Å². The van der Waals surface area contributed by atoms with Gasteiger partial charge in [0.2, 0.25) is 0 Å². The quantitative estimate of drug-likeness (QED) is 0.925. The largest absolute Gasteiger partial charge is 0.312 e. The van der Waals surface area contributed by atoms with Crippen molar-refractivity contribution in [1.82, 2.24) is 15.3 Å². The molecule has 2 heterocycles. The highest BCUT2D eigenvalue weighted by Gasteiger charge is 2.13. The minimum absolute atomic E-state index is 0.569. The highest BCUT2D eigenvalue weighted by Crippen LogP contribution is 2.26. The zero-order valence-electron chi connectivity index (χ0n) is 10.3. The van der Waals surface area contributed by atoms with Crippen LogP contribution in [0.25, 0.3) is 0 Å². The van der Waals surface area contributed by atoms with Crippen LogP contribution in [0, 0.1) is 0 Å². The van der Waals surface area contributed by atoms with Gasteiger partial charge in [-0.3, -0.25) is 0 Å². The van der Waals surface area contributed by atoms with Gasteiger partial charge in [0.25, 0.3) is 0 Å². The molecule has 0 radical (unpaired) electrons. The predicted molar refractivity (Wildman–Crippen MR) is 76.7 cm³/mol. The Morgan fingerprint density at radius 2 is 2.00 bits per heavy atom. The fourth-order valence-corrected chi connectivity index (χ4v) is 2.75. The summed E-state index contributed by atoms with van der Waals surface area (Å²) in [6.07, 6.45) is 3.41. The zero-order chi connectivity index (χ0) is 13.2. The first-order valence-corrected chi connectivity index (χ1v) is 6.97. The molecule has 0 fully saturated rings. The minimum Gasteiger partial charge on any atom is -0.312 e. The molecule has 3 nitrogen and oxygen atoms in total. The predicted octanol–water partition coefficient (Wildman–Crippen LogP) is 3.02. The molecule has 1 aromatic carbocycles. The molecule has 3 rings (SSSR count). The summed E-state index contributed by atoms with van der Waals surface area (Å²) in [5, 5.41) is 4.63. The molecule has 0 unspecified atom stereocenters. The van der Waals surface area contributed by atoms with E-state index in [1.54, 1.807) is 0 Å². The summed E-state index contributed by atoms with van der Waals surface area (Å²) >= 11 is 12.3. The second-order valence-corrected chi connectivity index (χ2v) is 5.38. The van der Waals surface area contributed by atoms with Gasteiger partial charge in [0, 0.05) is 53.4 Å². The number of hydrogen-bond donors (Lipinski definition) is 1. The summed E-state index contributed by atoms with van der Waals surface area (Å²) in [7, 11) is 0. The van der Waals surface area contributed by atoms with Crippen LogP contribution in [0.3, 0.4) is 0 Å². The first-order valence-electron chi connectivity index (χ1n) is 6.21. The summed E-state index contributed by atoms with van der Waals surface area (Å²) in [6, 6.07) is 5.52. The molecule has 1 N–H and O–H groups in total. The molecule has 0 atom stereocenters. The van der Waals surface area contributed by atoms with Crippen molar-refractivity contribution in [2.75, 3.05) is 6.54 Å². The van der Waals surface area contributed by atoms with Gasteiger partial charge in [-0.1, -0.05) is 29.3 Å². The zero-order valence-corrected chi connectivity index (χ0v) is 11.8. The van der Waals surface area contributed by atoms with E-state index >= 15 is 0 Å². The molecule has 2 aromatic rings. The Labute approximate surface area is 122 Å². The number of hydrogen-bond acceptors (Lipinski definition) is 3. The molecule has 1 aliphatic heterocycles. The van der Waals surface area contributed by atoms with Crippen LogP contribution < -0.4 is 5.32 Å². The Balaban J connectivity index is 1.91. The first kappa shape index (κ1) is 12.9. The van der Waals surface area contributed by atoms with E-state index in [4.69, 9.17) is 23.2 Å². The van der Waals surface area contributed by atoms with Crippen molar-refractivity contribution < 1.29 is 0 Å². The van der Waals surface area contributed by atoms with Crippen molar-refractivity contribution >= 4 is 23.2 Å². The maximum absolute atomic E-state index is 6.17.